The van der Waals surface area contributed by atoms with Gasteiger partial charge in [0.05, 0.1) is 6.20 Å². The molecule has 1 saturated carbocycles. The van der Waals surface area contributed by atoms with Crippen molar-refractivity contribution in [1.29, 1.82) is 0 Å². The maximum atomic E-state index is 11.7. The first-order valence-electron chi connectivity index (χ1n) is 6.47. The third-order valence-electron chi connectivity index (χ3n) is 3.28. The number of carbonyl (C=O) groups excluding carboxylic acids is 1. The summed E-state index contributed by atoms with van der Waals surface area (Å²) in [6.45, 7) is 5.35. The van der Waals surface area contributed by atoms with Crippen molar-refractivity contribution < 1.29 is 14.7 Å². The molecule has 1 aliphatic carbocycles. The molecule has 0 aliphatic heterocycles. The fourth-order valence-corrected chi connectivity index (χ4v) is 2.20. The van der Waals surface area contributed by atoms with Crippen LogP contribution in [0.25, 0.3) is 0 Å². The molecule has 1 fully saturated rings. The molecule has 0 radical (unpaired) electrons. The summed E-state index contributed by atoms with van der Waals surface area (Å²) in [6.07, 6.45) is 5.00. The van der Waals surface area contributed by atoms with Crippen LogP contribution in [0.3, 0.4) is 0 Å². The molecule has 1 N–H and O–H groups in total. The summed E-state index contributed by atoms with van der Waals surface area (Å²) < 4.78 is 1.70. The Kier molecular flexibility index (Phi) is 3.59. The van der Waals surface area contributed by atoms with Gasteiger partial charge >= 0.3 is 5.97 Å². The van der Waals surface area contributed by atoms with Crippen LogP contribution < -0.4 is 0 Å². The first kappa shape index (κ1) is 13.6. The van der Waals surface area contributed by atoms with E-state index < -0.39 is 12.0 Å². The van der Waals surface area contributed by atoms with Crippen molar-refractivity contribution in [2.45, 2.75) is 51.7 Å². The number of aromatic nitrogens is 2. The number of aliphatic carboxylic acids is 1. The summed E-state index contributed by atoms with van der Waals surface area (Å²) in [4.78, 5) is 24.7. The Morgan fingerprint density at radius 3 is 2.47 bits per heavy atom. The van der Waals surface area contributed by atoms with Gasteiger partial charge in [0.25, 0.3) is 0 Å². The maximum absolute atomic E-state index is 11.7. The van der Waals surface area contributed by atoms with E-state index in [-0.39, 0.29) is 18.0 Å². The maximum Gasteiger partial charge on any atom is 0.331 e. The van der Waals surface area contributed by atoms with E-state index in [9.17, 15) is 14.7 Å². The van der Waals surface area contributed by atoms with Crippen molar-refractivity contribution in [3.05, 3.63) is 18.0 Å². The standard InChI is InChI=1S/C13H19N3O3/c1-8(2)15-7-10(6-14-15)12(13(18)19)16(9(3)17)11-4-5-11/h6-8,11-12H,4-5H2,1-3H3,(H,18,19). The molecule has 1 aliphatic rings. The van der Waals surface area contributed by atoms with Gasteiger partial charge in [0.2, 0.25) is 5.91 Å². The Balaban J connectivity index is 2.32. The lowest BCUT2D eigenvalue weighted by Gasteiger charge is -2.27. The first-order chi connectivity index (χ1) is 8.91. The Bertz CT molecular complexity index is 491. The van der Waals surface area contributed by atoms with E-state index in [0.717, 1.165) is 12.8 Å². The molecule has 0 aromatic carbocycles. The molecule has 6 nitrogen and oxygen atoms in total. The van der Waals surface area contributed by atoms with Gasteiger partial charge in [-0.3, -0.25) is 9.48 Å². The highest BCUT2D eigenvalue weighted by molar-refractivity contribution is 5.83. The number of rotatable bonds is 5. The average molecular weight is 265 g/mol. The second kappa shape index (κ2) is 5.03. The molecule has 1 amide bonds. The van der Waals surface area contributed by atoms with E-state index in [1.165, 1.54) is 18.0 Å². The van der Waals surface area contributed by atoms with Crippen molar-refractivity contribution in [3.8, 4) is 0 Å². The van der Waals surface area contributed by atoms with E-state index in [1.54, 1.807) is 10.9 Å². The zero-order valence-electron chi connectivity index (χ0n) is 11.4. The van der Waals surface area contributed by atoms with Crippen LogP contribution >= 0.6 is 0 Å². The summed E-state index contributed by atoms with van der Waals surface area (Å²) in [7, 11) is 0. The molecule has 1 aromatic heterocycles. The van der Waals surface area contributed by atoms with Crippen molar-refractivity contribution in [2.75, 3.05) is 0 Å². The third kappa shape index (κ3) is 2.77. The van der Waals surface area contributed by atoms with Gasteiger partial charge in [-0.15, -0.1) is 0 Å². The van der Waals surface area contributed by atoms with Crippen LogP contribution in [0.4, 0.5) is 0 Å². The minimum atomic E-state index is -1.01. The number of nitrogens with zero attached hydrogens (tertiary/aromatic N) is 3. The van der Waals surface area contributed by atoms with Crippen molar-refractivity contribution in [2.24, 2.45) is 0 Å². The quantitative estimate of drug-likeness (QED) is 0.877. The highest BCUT2D eigenvalue weighted by Crippen LogP contribution is 2.34. The smallest absolute Gasteiger partial charge is 0.331 e. The molecule has 104 valence electrons. The van der Waals surface area contributed by atoms with Crippen LogP contribution in [-0.2, 0) is 9.59 Å². The second-order valence-electron chi connectivity index (χ2n) is 5.25. The monoisotopic (exact) mass is 265 g/mol. The molecule has 0 spiro atoms. The van der Waals surface area contributed by atoms with Gasteiger partial charge in [-0.25, -0.2) is 4.79 Å². The number of hydrogen-bond acceptors (Lipinski definition) is 3. The van der Waals surface area contributed by atoms with Gasteiger partial charge < -0.3 is 10.0 Å². The zero-order chi connectivity index (χ0) is 14.2. The van der Waals surface area contributed by atoms with Gasteiger partial charge in [0.1, 0.15) is 0 Å². The second-order valence-corrected chi connectivity index (χ2v) is 5.25. The normalized spacial score (nSPS) is 16.4. The van der Waals surface area contributed by atoms with Gasteiger partial charge in [-0.2, -0.15) is 5.10 Å². The highest BCUT2D eigenvalue weighted by atomic mass is 16.4. The lowest BCUT2D eigenvalue weighted by molar-refractivity contribution is -0.150. The fourth-order valence-electron chi connectivity index (χ4n) is 2.20. The average Bonchev–Trinajstić information content (AvgIpc) is 3.01. The predicted molar refractivity (Wildman–Crippen MR) is 68.5 cm³/mol. The topological polar surface area (TPSA) is 75.4 Å². The summed E-state index contributed by atoms with van der Waals surface area (Å²) in [5, 5.41) is 13.6. The Morgan fingerprint density at radius 2 is 2.11 bits per heavy atom. The first-order valence-corrected chi connectivity index (χ1v) is 6.47. The molecule has 2 rings (SSSR count). The van der Waals surface area contributed by atoms with Crippen LogP contribution in [0.15, 0.2) is 12.4 Å². The van der Waals surface area contributed by atoms with Crippen LogP contribution in [0.2, 0.25) is 0 Å². The van der Waals surface area contributed by atoms with E-state index in [1.807, 2.05) is 13.8 Å². The van der Waals surface area contributed by atoms with E-state index in [2.05, 4.69) is 5.10 Å². The van der Waals surface area contributed by atoms with Gasteiger partial charge in [0, 0.05) is 30.8 Å². The van der Waals surface area contributed by atoms with Gasteiger partial charge in [-0.05, 0) is 26.7 Å². The van der Waals surface area contributed by atoms with E-state index in [4.69, 9.17) is 0 Å². The summed E-state index contributed by atoms with van der Waals surface area (Å²) in [5.41, 5.74) is 0.559. The molecule has 6 heteroatoms. The van der Waals surface area contributed by atoms with Crippen LogP contribution in [0.5, 0.6) is 0 Å². The molecule has 1 heterocycles. The van der Waals surface area contributed by atoms with Crippen molar-refractivity contribution in [3.63, 3.8) is 0 Å². The van der Waals surface area contributed by atoms with Crippen molar-refractivity contribution in [1.82, 2.24) is 14.7 Å². The van der Waals surface area contributed by atoms with Gasteiger partial charge in [-0.1, -0.05) is 0 Å². The molecule has 0 saturated heterocycles. The lowest BCUT2D eigenvalue weighted by atomic mass is 10.1. The zero-order valence-corrected chi connectivity index (χ0v) is 11.4. The largest absolute Gasteiger partial charge is 0.479 e. The van der Waals surface area contributed by atoms with Crippen LogP contribution in [0.1, 0.15) is 51.3 Å². The summed E-state index contributed by atoms with van der Waals surface area (Å²) >= 11 is 0. The molecular weight excluding hydrogens is 246 g/mol. The third-order valence-corrected chi connectivity index (χ3v) is 3.28. The highest BCUT2D eigenvalue weighted by Gasteiger charge is 2.40. The van der Waals surface area contributed by atoms with Gasteiger partial charge in [0.15, 0.2) is 6.04 Å². The van der Waals surface area contributed by atoms with Crippen molar-refractivity contribution >= 4 is 11.9 Å². The lowest BCUT2D eigenvalue weighted by Crippen LogP contribution is -2.39. The molecule has 19 heavy (non-hydrogen) atoms. The Labute approximate surface area is 112 Å². The van der Waals surface area contributed by atoms with Crippen LogP contribution in [0, 0.1) is 0 Å². The predicted octanol–water partition coefficient (Wildman–Crippen LogP) is 1.60. The van der Waals surface area contributed by atoms with E-state index >= 15 is 0 Å². The number of carbonyl (C=O) groups is 2. The van der Waals surface area contributed by atoms with Crippen LogP contribution in [-0.4, -0.2) is 37.7 Å². The molecule has 1 unspecified atom stereocenters. The summed E-state index contributed by atoms with van der Waals surface area (Å²) in [5.74, 6) is -1.21. The number of carboxylic acids is 1. The number of hydrogen-bond donors (Lipinski definition) is 1. The molecule has 0 bridgehead atoms. The molecular formula is C13H19N3O3. The molecule has 1 atom stereocenters. The minimum Gasteiger partial charge on any atom is -0.479 e. The Morgan fingerprint density at radius 1 is 1.47 bits per heavy atom. The number of carboxylic acid groups (broad SMARTS) is 1. The van der Waals surface area contributed by atoms with E-state index in [0.29, 0.717) is 5.56 Å². The summed E-state index contributed by atoms with van der Waals surface area (Å²) in [6, 6.07) is -0.714. The SMILES string of the molecule is CC(=O)N(C1CC1)C(C(=O)O)c1cnn(C(C)C)c1. The minimum absolute atomic E-state index is 0.0565. The number of amides is 1. The molecule has 1 aromatic rings. The Hall–Kier alpha value is -1.85. The fraction of sp³-hybridized carbons (Fsp3) is 0.615.